The number of aryl methyl sites for hydroxylation is 1. The third-order valence-corrected chi connectivity index (χ3v) is 5.29. The number of halogens is 1. The van der Waals surface area contributed by atoms with Gasteiger partial charge < -0.3 is 5.73 Å². The fraction of sp³-hybridized carbons (Fsp3) is 0.214. The smallest absolute Gasteiger partial charge is 0.246 e. The number of hydrogen-bond donors (Lipinski definition) is 1. The van der Waals surface area contributed by atoms with Crippen LogP contribution >= 0.6 is 15.9 Å². The lowest BCUT2D eigenvalue weighted by Gasteiger charge is -2.18. The molecule has 2 N–H and O–H groups in total. The summed E-state index contributed by atoms with van der Waals surface area (Å²) in [5, 5.41) is 0. The van der Waals surface area contributed by atoms with Crippen LogP contribution in [-0.4, -0.2) is 24.8 Å². The number of anilines is 1. The lowest BCUT2D eigenvalue weighted by Crippen LogP contribution is -2.27. The summed E-state index contributed by atoms with van der Waals surface area (Å²) in [5.74, 6) is -0.00528. The fourth-order valence-electron chi connectivity index (χ4n) is 1.96. The van der Waals surface area contributed by atoms with E-state index in [1.165, 1.54) is 23.6 Å². The number of rotatable bonds is 4. The summed E-state index contributed by atoms with van der Waals surface area (Å²) in [6.07, 6.45) is 1.47. The fourth-order valence-corrected chi connectivity index (χ4v) is 3.69. The van der Waals surface area contributed by atoms with Gasteiger partial charge in [-0.1, -0.05) is 29.8 Å². The minimum absolute atomic E-state index is 0.00528. The van der Waals surface area contributed by atoms with Crippen LogP contribution in [0.5, 0.6) is 0 Å². The molecule has 0 saturated carbocycles. The molecule has 7 heteroatoms. The highest BCUT2D eigenvalue weighted by Crippen LogP contribution is 2.24. The van der Waals surface area contributed by atoms with Crippen molar-refractivity contribution in [2.45, 2.75) is 18.4 Å². The van der Waals surface area contributed by atoms with Gasteiger partial charge in [-0.05, 0) is 34.5 Å². The molecule has 0 fully saturated rings. The summed E-state index contributed by atoms with van der Waals surface area (Å²) >= 11 is 3.21. The normalized spacial score (nSPS) is 11.8. The average molecular weight is 370 g/mol. The zero-order valence-electron chi connectivity index (χ0n) is 11.7. The van der Waals surface area contributed by atoms with Gasteiger partial charge in [0.25, 0.3) is 0 Å². The highest BCUT2D eigenvalue weighted by Gasteiger charge is 2.24. The number of nitrogens with two attached hydrogens (primary N) is 1. The van der Waals surface area contributed by atoms with E-state index in [-0.39, 0.29) is 17.3 Å². The molecule has 0 radical (unpaired) electrons. The lowest BCUT2D eigenvalue weighted by atomic mass is 10.1. The molecule has 0 aliphatic heterocycles. The summed E-state index contributed by atoms with van der Waals surface area (Å²) < 4.78 is 27.0. The Kier molecular flexibility index (Phi) is 4.65. The largest absolute Gasteiger partial charge is 0.383 e. The molecule has 0 saturated heterocycles. The molecule has 2 rings (SSSR count). The van der Waals surface area contributed by atoms with Crippen molar-refractivity contribution in [2.24, 2.45) is 0 Å². The molecule has 0 aliphatic carbocycles. The van der Waals surface area contributed by atoms with Gasteiger partial charge in [-0.15, -0.1) is 0 Å². The Labute approximate surface area is 133 Å². The second-order valence-electron chi connectivity index (χ2n) is 4.79. The molecule has 0 unspecified atom stereocenters. The van der Waals surface area contributed by atoms with E-state index in [0.29, 0.717) is 4.47 Å². The highest BCUT2D eigenvalue weighted by atomic mass is 79.9. The van der Waals surface area contributed by atoms with Gasteiger partial charge in [0, 0.05) is 24.3 Å². The lowest BCUT2D eigenvalue weighted by molar-refractivity contribution is 0.466. The van der Waals surface area contributed by atoms with Crippen LogP contribution in [0.1, 0.15) is 11.1 Å². The summed E-state index contributed by atoms with van der Waals surface area (Å²) in [6, 6.07) is 9.18. The number of benzene rings is 1. The minimum atomic E-state index is -3.69. The number of sulfonamides is 1. The summed E-state index contributed by atoms with van der Waals surface area (Å²) in [7, 11) is -2.16. The quantitative estimate of drug-likeness (QED) is 0.898. The molecule has 0 bridgehead atoms. The SMILES string of the molecule is Cc1cccc(CN(C)S(=O)(=O)c2cc(Br)cnc2N)c1. The molecule has 0 amide bonds. The molecule has 21 heavy (non-hydrogen) atoms. The molecular formula is C14H16BrN3O2S. The van der Waals surface area contributed by atoms with Gasteiger partial charge in [-0.25, -0.2) is 13.4 Å². The maximum absolute atomic E-state index is 12.6. The predicted molar refractivity (Wildman–Crippen MR) is 86.2 cm³/mol. The van der Waals surface area contributed by atoms with Crippen molar-refractivity contribution >= 4 is 31.8 Å². The van der Waals surface area contributed by atoms with Gasteiger partial charge in [-0.3, -0.25) is 0 Å². The molecule has 5 nitrogen and oxygen atoms in total. The first-order valence-electron chi connectivity index (χ1n) is 6.23. The van der Waals surface area contributed by atoms with E-state index in [1.807, 2.05) is 31.2 Å². The van der Waals surface area contributed by atoms with Crippen molar-refractivity contribution in [3.8, 4) is 0 Å². The number of nitrogen functional groups attached to an aromatic ring is 1. The third-order valence-electron chi connectivity index (χ3n) is 3.02. The zero-order chi connectivity index (χ0) is 15.6. The number of nitrogens with zero attached hydrogens (tertiary/aromatic N) is 2. The van der Waals surface area contributed by atoms with Crippen LogP contribution < -0.4 is 5.73 Å². The monoisotopic (exact) mass is 369 g/mol. The topological polar surface area (TPSA) is 76.3 Å². The first-order valence-corrected chi connectivity index (χ1v) is 8.47. The van der Waals surface area contributed by atoms with Crippen molar-refractivity contribution in [3.05, 3.63) is 52.1 Å². The predicted octanol–water partition coefficient (Wildman–Crippen LogP) is 2.56. The van der Waals surface area contributed by atoms with E-state index < -0.39 is 10.0 Å². The van der Waals surface area contributed by atoms with Gasteiger partial charge >= 0.3 is 0 Å². The Morgan fingerprint density at radius 1 is 1.33 bits per heavy atom. The van der Waals surface area contributed by atoms with E-state index in [4.69, 9.17) is 5.73 Å². The zero-order valence-corrected chi connectivity index (χ0v) is 14.1. The molecule has 0 spiro atoms. The molecule has 2 aromatic rings. The van der Waals surface area contributed by atoms with E-state index in [9.17, 15) is 8.42 Å². The van der Waals surface area contributed by atoms with Crippen molar-refractivity contribution in [1.82, 2.24) is 9.29 Å². The van der Waals surface area contributed by atoms with Gasteiger partial charge in [0.15, 0.2) is 0 Å². The molecule has 1 aromatic heterocycles. The highest BCUT2D eigenvalue weighted by molar-refractivity contribution is 9.10. The first kappa shape index (κ1) is 15.9. The number of aromatic nitrogens is 1. The Hall–Kier alpha value is -1.44. The van der Waals surface area contributed by atoms with Crippen molar-refractivity contribution in [2.75, 3.05) is 12.8 Å². The van der Waals surface area contributed by atoms with Crippen LogP contribution in [0.4, 0.5) is 5.82 Å². The molecule has 1 aromatic carbocycles. The minimum Gasteiger partial charge on any atom is -0.383 e. The standard InChI is InChI=1S/C14H16BrN3O2S/c1-10-4-3-5-11(6-10)9-18(2)21(19,20)13-7-12(15)8-17-14(13)16/h3-8H,9H2,1-2H3,(H2,16,17). The van der Waals surface area contributed by atoms with E-state index >= 15 is 0 Å². The van der Waals surface area contributed by atoms with Gasteiger partial charge in [-0.2, -0.15) is 4.31 Å². The summed E-state index contributed by atoms with van der Waals surface area (Å²) in [4.78, 5) is 3.88. The second kappa shape index (κ2) is 6.13. The summed E-state index contributed by atoms with van der Waals surface area (Å²) in [6.45, 7) is 2.24. The number of hydrogen-bond acceptors (Lipinski definition) is 4. The van der Waals surface area contributed by atoms with Gasteiger partial charge in [0.05, 0.1) is 0 Å². The maximum atomic E-state index is 12.6. The van der Waals surface area contributed by atoms with Crippen LogP contribution in [-0.2, 0) is 16.6 Å². The van der Waals surface area contributed by atoms with Crippen molar-refractivity contribution < 1.29 is 8.42 Å². The summed E-state index contributed by atoms with van der Waals surface area (Å²) in [5.41, 5.74) is 7.70. The molecule has 0 atom stereocenters. The Morgan fingerprint density at radius 3 is 2.71 bits per heavy atom. The van der Waals surface area contributed by atoms with Crippen LogP contribution in [0, 0.1) is 6.92 Å². The van der Waals surface area contributed by atoms with E-state index in [0.717, 1.165) is 11.1 Å². The van der Waals surface area contributed by atoms with Crippen molar-refractivity contribution in [3.63, 3.8) is 0 Å². The molecule has 112 valence electrons. The van der Waals surface area contributed by atoms with Crippen LogP contribution in [0.15, 0.2) is 45.9 Å². The van der Waals surface area contributed by atoms with Crippen LogP contribution in [0.25, 0.3) is 0 Å². The molecule has 0 aliphatic rings. The van der Waals surface area contributed by atoms with Gasteiger partial charge in [0.2, 0.25) is 10.0 Å². The number of pyridine rings is 1. The third kappa shape index (κ3) is 3.61. The molecular weight excluding hydrogens is 354 g/mol. The van der Waals surface area contributed by atoms with Crippen LogP contribution in [0.3, 0.4) is 0 Å². The Morgan fingerprint density at radius 2 is 2.05 bits per heavy atom. The van der Waals surface area contributed by atoms with E-state index in [2.05, 4.69) is 20.9 Å². The first-order chi connectivity index (χ1) is 9.80. The Balaban J connectivity index is 2.33. The second-order valence-corrected chi connectivity index (χ2v) is 7.72. The van der Waals surface area contributed by atoms with Gasteiger partial charge in [0.1, 0.15) is 10.7 Å². The van der Waals surface area contributed by atoms with Crippen molar-refractivity contribution in [1.29, 1.82) is 0 Å². The average Bonchev–Trinajstić information content (AvgIpc) is 2.41. The maximum Gasteiger partial charge on any atom is 0.246 e. The Bertz CT molecular complexity index is 763. The molecule has 1 heterocycles. The van der Waals surface area contributed by atoms with Crippen LogP contribution in [0.2, 0.25) is 0 Å². The van der Waals surface area contributed by atoms with E-state index in [1.54, 1.807) is 0 Å².